The number of carbonyl (C=O) groups excluding carboxylic acids is 2. The summed E-state index contributed by atoms with van der Waals surface area (Å²) < 4.78 is 0. The topological polar surface area (TPSA) is 55.9 Å². The fourth-order valence-electron chi connectivity index (χ4n) is 3.76. The van der Waals surface area contributed by atoms with Crippen LogP contribution in [0.3, 0.4) is 0 Å². The molecular weight excluding hydrogens is 392 g/mol. The summed E-state index contributed by atoms with van der Waals surface area (Å²) in [4.78, 5) is 31.5. The van der Waals surface area contributed by atoms with Crippen LogP contribution in [-0.4, -0.2) is 76.4 Å². The maximum atomic E-state index is 12.4. The van der Waals surface area contributed by atoms with E-state index < -0.39 is 5.54 Å². The molecule has 2 saturated heterocycles. The first-order chi connectivity index (χ1) is 13.4. The number of hydrogen-bond donors (Lipinski definition) is 1. The molecule has 2 aliphatic rings. The molecule has 0 atom stereocenters. The lowest BCUT2D eigenvalue weighted by molar-refractivity contribution is -0.125. The summed E-state index contributed by atoms with van der Waals surface area (Å²) in [7, 11) is 0. The Labute approximate surface area is 176 Å². The number of unbranched alkanes of at least 4 members (excludes halogenated alkanes) is 3. The van der Waals surface area contributed by atoms with Crippen LogP contribution >= 0.6 is 23.6 Å². The number of amides is 2. The van der Waals surface area contributed by atoms with Crippen molar-refractivity contribution in [2.24, 2.45) is 0 Å². The number of nitrogens with zero attached hydrogens (tertiary/aromatic N) is 3. The van der Waals surface area contributed by atoms with Gasteiger partial charge in [-0.3, -0.25) is 14.5 Å². The van der Waals surface area contributed by atoms with Gasteiger partial charge in [0.15, 0.2) is 5.11 Å². The van der Waals surface area contributed by atoms with Gasteiger partial charge in [-0.15, -0.1) is 11.3 Å². The summed E-state index contributed by atoms with van der Waals surface area (Å²) in [6.45, 7) is 9.32. The summed E-state index contributed by atoms with van der Waals surface area (Å²) in [6, 6.07) is 3.84. The molecule has 6 nitrogen and oxygen atoms in total. The fourth-order valence-corrected chi connectivity index (χ4v) is 4.87. The first-order valence-electron chi connectivity index (χ1n) is 10.1. The SMILES string of the molecule is CC1(C)C(=O)NC(=S)N1CCCCCCN1CCN(C(=O)c2cccs2)CC1. The normalized spacial score (nSPS) is 19.9. The highest BCUT2D eigenvalue weighted by Crippen LogP contribution is 2.22. The lowest BCUT2D eigenvalue weighted by Crippen LogP contribution is -2.48. The predicted molar refractivity (Wildman–Crippen MR) is 117 cm³/mol. The molecule has 0 unspecified atom stereocenters. The van der Waals surface area contributed by atoms with Gasteiger partial charge in [0.2, 0.25) is 0 Å². The van der Waals surface area contributed by atoms with Crippen LogP contribution in [0.4, 0.5) is 0 Å². The average molecular weight is 423 g/mol. The largest absolute Gasteiger partial charge is 0.335 e. The quantitative estimate of drug-likeness (QED) is 0.515. The third-order valence-corrected chi connectivity index (χ3v) is 6.87. The molecule has 3 heterocycles. The molecule has 3 rings (SSSR count). The smallest absolute Gasteiger partial charge is 0.264 e. The monoisotopic (exact) mass is 422 g/mol. The van der Waals surface area contributed by atoms with Crippen molar-refractivity contribution in [2.45, 2.75) is 45.1 Å². The van der Waals surface area contributed by atoms with Gasteiger partial charge < -0.3 is 15.1 Å². The van der Waals surface area contributed by atoms with E-state index in [1.807, 2.05) is 41.2 Å². The first-order valence-corrected chi connectivity index (χ1v) is 11.4. The number of hydrogen-bond acceptors (Lipinski definition) is 5. The molecule has 0 radical (unpaired) electrons. The van der Waals surface area contributed by atoms with Crippen molar-refractivity contribution in [3.05, 3.63) is 22.4 Å². The second-order valence-electron chi connectivity index (χ2n) is 8.00. The Hall–Kier alpha value is -1.51. The number of piperazine rings is 1. The average Bonchev–Trinajstić information content (AvgIpc) is 3.27. The van der Waals surface area contributed by atoms with E-state index in [9.17, 15) is 9.59 Å². The van der Waals surface area contributed by atoms with E-state index in [1.165, 1.54) is 24.2 Å². The number of rotatable bonds is 8. The van der Waals surface area contributed by atoms with Gasteiger partial charge in [-0.1, -0.05) is 18.9 Å². The molecular formula is C20H30N4O2S2. The van der Waals surface area contributed by atoms with Crippen LogP contribution < -0.4 is 5.32 Å². The summed E-state index contributed by atoms with van der Waals surface area (Å²) in [6.07, 6.45) is 4.53. The van der Waals surface area contributed by atoms with Crippen LogP contribution in [0.25, 0.3) is 0 Å². The van der Waals surface area contributed by atoms with Crippen molar-refractivity contribution >= 4 is 40.5 Å². The Morgan fingerprint density at radius 2 is 1.82 bits per heavy atom. The second kappa shape index (κ2) is 9.33. The Bertz CT molecular complexity index is 697. The lowest BCUT2D eigenvalue weighted by Gasteiger charge is -2.34. The number of thiocarbonyl (C=S) groups is 1. The summed E-state index contributed by atoms with van der Waals surface area (Å²) in [5.41, 5.74) is -0.530. The maximum Gasteiger partial charge on any atom is 0.264 e. The van der Waals surface area contributed by atoms with Crippen molar-refractivity contribution in [1.29, 1.82) is 0 Å². The molecule has 154 valence electrons. The van der Waals surface area contributed by atoms with E-state index in [0.29, 0.717) is 5.11 Å². The van der Waals surface area contributed by atoms with Crippen LogP contribution in [0.2, 0.25) is 0 Å². The highest BCUT2D eigenvalue weighted by atomic mass is 32.1. The Morgan fingerprint density at radius 3 is 2.39 bits per heavy atom. The Kier molecular flexibility index (Phi) is 7.06. The van der Waals surface area contributed by atoms with Crippen LogP contribution in [-0.2, 0) is 4.79 Å². The van der Waals surface area contributed by atoms with Gasteiger partial charge >= 0.3 is 0 Å². The van der Waals surface area contributed by atoms with Gasteiger partial charge in [0, 0.05) is 32.7 Å². The number of thiophene rings is 1. The minimum atomic E-state index is -0.530. The molecule has 1 N–H and O–H groups in total. The molecule has 0 aliphatic carbocycles. The Balaban J connectivity index is 1.27. The maximum absolute atomic E-state index is 12.4. The van der Waals surface area contributed by atoms with E-state index in [-0.39, 0.29) is 11.8 Å². The fraction of sp³-hybridized carbons (Fsp3) is 0.650. The molecule has 2 amide bonds. The van der Waals surface area contributed by atoms with Crippen LogP contribution in [0.15, 0.2) is 17.5 Å². The minimum Gasteiger partial charge on any atom is -0.335 e. The van der Waals surface area contributed by atoms with Crippen LogP contribution in [0, 0.1) is 0 Å². The Morgan fingerprint density at radius 1 is 1.14 bits per heavy atom. The number of carbonyl (C=O) groups is 2. The minimum absolute atomic E-state index is 0.00537. The molecule has 1 aromatic heterocycles. The molecule has 28 heavy (non-hydrogen) atoms. The molecule has 0 bridgehead atoms. The van der Waals surface area contributed by atoms with Crippen molar-refractivity contribution in [3.63, 3.8) is 0 Å². The van der Waals surface area contributed by atoms with Gasteiger partial charge in [0.05, 0.1) is 4.88 Å². The van der Waals surface area contributed by atoms with Crippen molar-refractivity contribution in [1.82, 2.24) is 20.0 Å². The molecule has 8 heteroatoms. The van der Waals surface area contributed by atoms with Gasteiger partial charge in [-0.25, -0.2) is 0 Å². The van der Waals surface area contributed by atoms with Crippen molar-refractivity contribution in [2.75, 3.05) is 39.3 Å². The summed E-state index contributed by atoms with van der Waals surface area (Å²) in [5.74, 6) is 0.166. The highest BCUT2D eigenvalue weighted by molar-refractivity contribution is 7.80. The van der Waals surface area contributed by atoms with Crippen molar-refractivity contribution < 1.29 is 9.59 Å². The van der Waals surface area contributed by atoms with Crippen LogP contribution in [0.5, 0.6) is 0 Å². The second-order valence-corrected chi connectivity index (χ2v) is 9.33. The van der Waals surface area contributed by atoms with E-state index in [2.05, 4.69) is 10.2 Å². The van der Waals surface area contributed by atoms with Gasteiger partial charge in [0.25, 0.3) is 11.8 Å². The van der Waals surface area contributed by atoms with Gasteiger partial charge in [0.1, 0.15) is 5.54 Å². The predicted octanol–water partition coefficient (Wildman–Crippen LogP) is 2.56. The molecule has 0 aromatic carbocycles. The standard InChI is InChI=1S/C20H30N4O2S2/c1-20(2)18(26)21-19(27)24(20)10-6-4-3-5-9-22-11-13-23(14-12-22)17(25)16-8-7-15-28-16/h7-8,15H,3-6,9-14H2,1-2H3,(H,21,26,27). The summed E-state index contributed by atoms with van der Waals surface area (Å²) >= 11 is 6.78. The van der Waals surface area contributed by atoms with Gasteiger partial charge in [-0.05, 0) is 56.9 Å². The van der Waals surface area contributed by atoms with E-state index >= 15 is 0 Å². The molecule has 2 fully saturated rings. The van der Waals surface area contributed by atoms with Crippen molar-refractivity contribution in [3.8, 4) is 0 Å². The van der Waals surface area contributed by atoms with E-state index in [4.69, 9.17) is 12.2 Å². The highest BCUT2D eigenvalue weighted by Gasteiger charge is 2.42. The number of nitrogens with one attached hydrogen (secondary N) is 1. The molecule has 0 spiro atoms. The van der Waals surface area contributed by atoms with Crippen LogP contribution in [0.1, 0.15) is 49.2 Å². The first kappa shape index (κ1) is 21.2. The lowest BCUT2D eigenvalue weighted by atomic mass is 10.0. The summed E-state index contributed by atoms with van der Waals surface area (Å²) in [5, 5.41) is 5.27. The molecule has 1 aromatic rings. The molecule has 0 saturated carbocycles. The molecule has 2 aliphatic heterocycles. The zero-order valence-electron chi connectivity index (χ0n) is 16.8. The zero-order valence-corrected chi connectivity index (χ0v) is 18.4. The zero-order chi connectivity index (χ0) is 20.1. The van der Waals surface area contributed by atoms with E-state index in [0.717, 1.165) is 57.0 Å². The third-order valence-electron chi connectivity index (χ3n) is 5.69. The third kappa shape index (κ3) is 4.90. The van der Waals surface area contributed by atoms with E-state index in [1.54, 1.807) is 0 Å². The van der Waals surface area contributed by atoms with Gasteiger partial charge in [-0.2, -0.15) is 0 Å².